The van der Waals surface area contributed by atoms with Gasteiger partial charge in [-0.25, -0.2) is 0 Å². The molecule has 5 heteroatoms. The van der Waals surface area contributed by atoms with Gasteiger partial charge in [0.2, 0.25) is 0 Å². The maximum absolute atomic E-state index is 5.69. The molecular formula is C20H26N2O2S. The maximum atomic E-state index is 5.69. The SMILES string of the molecule is COc1ccccc1CCCNC(=S)Nc1cccc(OC(C)C)c1. The monoisotopic (exact) mass is 358 g/mol. The van der Waals surface area contributed by atoms with Crippen LogP contribution in [0.1, 0.15) is 25.8 Å². The minimum Gasteiger partial charge on any atom is -0.496 e. The van der Waals surface area contributed by atoms with Gasteiger partial charge in [-0.2, -0.15) is 0 Å². The van der Waals surface area contributed by atoms with Crippen molar-refractivity contribution in [2.24, 2.45) is 0 Å². The van der Waals surface area contributed by atoms with Crippen LogP contribution < -0.4 is 20.1 Å². The third-order valence-corrected chi connectivity index (χ3v) is 3.81. The van der Waals surface area contributed by atoms with Crippen molar-refractivity contribution in [3.8, 4) is 11.5 Å². The van der Waals surface area contributed by atoms with Gasteiger partial charge in [0.1, 0.15) is 11.5 Å². The van der Waals surface area contributed by atoms with Crippen molar-refractivity contribution in [3.63, 3.8) is 0 Å². The van der Waals surface area contributed by atoms with Gasteiger partial charge in [-0.3, -0.25) is 0 Å². The summed E-state index contributed by atoms with van der Waals surface area (Å²) in [6.07, 6.45) is 2.06. The van der Waals surface area contributed by atoms with E-state index in [0.29, 0.717) is 5.11 Å². The van der Waals surface area contributed by atoms with Crippen molar-refractivity contribution in [2.45, 2.75) is 32.8 Å². The van der Waals surface area contributed by atoms with Crippen molar-refractivity contribution < 1.29 is 9.47 Å². The summed E-state index contributed by atoms with van der Waals surface area (Å²) in [7, 11) is 1.70. The van der Waals surface area contributed by atoms with E-state index in [2.05, 4.69) is 16.7 Å². The van der Waals surface area contributed by atoms with Crippen LogP contribution in [0.3, 0.4) is 0 Å². The number of benzene rings is 2. The fourth-order valence-corrected chi connectivity index (χ4v) is 2.70. The van der Waals surface area contributed by atoms with Gasteiger partial charge in [0.15, 0.2) is 5.11 Å². The zero-order valence-corrected chi connectivity index (χ0v) is 15.9. The van der Waals surface area contributed by atoms with Gasteiger partial charge in [-0.05, 0) is 62.7 Å². The second-order valence-electron chi connectivity index (χ2n) is 5.99. The highest BCUT2D eigenvalue weighted by molar-refractivity contribution is 7.80. The fraction of sp³-hybridized carbons (Fsp3) is 0.350. The molecule has 0 saturated heterocycles. The molecule has 0 saturated carbocycles. The van der Waals surface area contributed by atoms with E-state index in [9.17, 15) is 0 Å². The van der Waals surface area contributed by atoms with Crippen LogP contribution in [0.4, 0.5) is 5.69 Å². The first-order chi connectivity index (χ1) is 12.1. The number of hydrogen-bond donors (Lipinski definition) is 2. The number of anilines is 1. The standard InChI is InChI=1S/C20H26N2O2S/c1-15(2)24-18-11-6-10-17(14-18)22-20(25)21-13-7-9-16-8-4-5-12-19(16)23-3/h4-6,8,10-12,14-15H,7,9,13H2,1-3H3,(H2,21,22,25). The molecule has 2 aromatic rings. The predicted molar refractivity (Wildman–Crippen MR) is 108 cm³/mol. The molecule has 25 heavy (non-hydrogen) atoms. The van der Waals surface area contributed by atoms with Crippen LogP contribution >= 0.6 is 12.2 Å². The lowest BCUT2D eigenvalue weighted by Crippen LogP contribution is -2.29. The summed E-state index contributed by atoms with van der Waals surface area (Å²) in [5, 5.41) is 7.04. The second-order valence-corrected chi connectivity index (χ2v) is 6.40. The predicted octanol–water partition coefficient (Wildman–Crippen LogP) is 4.40. The van der Waals surface area contributed by atoms with E-state index in [4.69, 9.17) is 21.7 Å². The number of aryl methyl sites for hydroxylation is 1. The van der Waals surface area contributed by atoms with E-state index in [1.54, 1.807) is 7.11 Å². The summed E-state index contributed by atoms with van der Waals surface area (Å²) in [6.45, 7) is 4.81. The number of nitrogens with one attached hydrogen (secondary N) is 2. The van der Waals surface area contributed by atoms with Crippen LogP contribution in [-0.4, -0.2) is 24.9 Å². The summed E-state index contributed by atoms with van der Waals surface area (Å²) in [6, 6.07) is 15.9. The van der Waals surface area contributed by atoms with E-state index in [-0.39, 0.29) is 6.10 Å². The molecule has 0 fully saturated rings. The topological polar surface area (TPSA) is 42.5 Å². The van der Waals surface area contributed by atoms with Crippen LogP contribution in [0.5, 0.6) is 11.5 Å². The summed E-state index contributed by atoms with van der Waals surface area (Å²) in [5.41, 5.74) is 2.13. The summed E-state index contributed by atoms with van der Waals surface area (Å²) >= 11 is 5.36. The molecule has 2 rings (SSSR count). The summed E-state index contributed by atoms with van der Waals surface area (Å²) < 4.78 is 11.1. The number of hydrogen-bond acceptors (Lipinski definition) is 3. The van der Waals surface area contributed by atoms with Gasteiger partial charge in [0.25, 0.3) is 0 Å². The lowest BCUT2D eigenvalue weighted by Gasteiger charge is -2.13. The van der Waals surface area contributed by atoms with Gasteiger partial charge in [-0.1, -0.05) is 24.3 Å². The van der Waals surface area contributed by atoms with Crippen molar-refractivity contribution in [1.29, 1.82) is 0 Å². The molecule has 0 bridgehead atoms. The van der Waals surface area contributed by atoms with E-state index < -0.39 is 0 Å². The molecular weight excluding hydrogens is 332 g/mol. The largest absolute Gasteiger partial charge is 0.496 e. The zero-order valence-electron chi connectivity index (χ0n) is 15.0. The van der Waals surface area contributed by atoms with Crippen LogP contribution in [0.25, 0.3) is 0 Å². The molecule has 0 radical (unpaired) electrons. The van der Waals surface area contributed by atoms with Gasteiger partial charge < -0.3 is 20.1 Å². The first kappa shape index (κ1) is 19.1. The van der Waals surface area contributed by atoms with E-state index >= 15 is 0 Å². The molecule has 0 aliphatic heterocycles. The smallest absolute Gasteiger partial charge is 0.170 e. The van der Waals surface area contributed by atoms with Crippen LogP contribution in [0, 0.1) is 0 Å². The average Bonchev–Trinajstić information content (AvgIpc) is 2.59. The van der Waals surface area contributed by atoms with E-state index in [1.165, 1.54) is 5.56 Å². The van der Waals surface area contributed by atoms with Crippen LogP contribution in [0.2, 0.25) is 0 Å². The van der Waals surface area contributed by atoms with Crippen molar-refractivity contribution in [3.05, 3.63) is 54.1 Å². The Morgan fingerprint density at radius 2 is 1.92 bits per heavy atom. The zero-order chi connectivity index (χ0) is 18.1. The van der Waals surface area contributed by atoms with Crippen molar-refractivity contribution in [1.82, 2.24) is 5.32 Å². The lowest BCUT2D eigenvalue weighted by molar-refractivity contribution is 0.242. The highest BCUT2D eigenvalue weighted by Gasteiger charge is 2.03. The second kappa shape index (κ2) is 9.89. The van der Waals surface area contributed by atoms with E-state index in [0.717, 1.165) is 36.6 Å². The third kappa shape index (κ3) is 6.63. The first-order valence-electron chi connectivity index (χ1n) is 8.52. The van der Waals surface area contributed by atoms with Gasteiger partial charge in [0.05, 0.1) is 13.2 Å². The van der Waals surface area contributed by atoms with Crippen molar-refractivity contribution >= 4 is 23.0 Å². The minimum atomic E-state index is 0.148. The molecule has 0 heterocycles. The average molecular weight is 359 g/mol. The Bertz CT molecular complexity index is 689. The Hall–Kier alpha value is -2.27. The molecule has 0 unspecified atom stereocenters. The number of rotatable bonds is 8. The fourth-order valence-electron chi connectivity index (χ4n) is 2.48. The molecule has 0 atom stereocenters. The molecule has 0 aliphatic rings. The molecule has 0 aliphatic carbocycles. The highest BCUT2D eigenvalue weighted by atomic mass is 32.1. The Balaban J connectivity index is 1.75. The number of methoxy groups -OCH3 is 1. The molecule has 4 nitrogen and oxygen atoms in total. The third-order valence-electron chi connectivity index (χ3n) is 3.56. The lowest BCUT2D eigenvalue weighted by atomic mass is 10.1. The maximum Gasteiger partial charge on any atom is 0.170 e. The molecule has 2 aromatic carbocycles. The molecule has 134 valence electrons. The number of para-hydroxylation sites is 1. The molecule has 0 amide bonds. The Morgan fingerprint density at radius 3 is 2.68 bits per heavy atom. The normalized spacial score (nSPS) is 10.4. The summed E-state index contributed by atoms with van der Waals surface area (Å²) in [4.78, 5) is 0. The van der Waals surface area contributed by atoms with Gasteiger partial charge in [0, 0.05) is 18.3 Å². The van der Waals surface area contributed by atoms with Gasteiger partial charge >= 0.3 is 0 Å². The molecule has 0 aromatic heterocycles. The Kier molecular flexibility index (Phi) is 7.54. The molecule has 0 spiro atoms. The Morgan fingerprint density at radius 1 is 1.12 bits per heavy atom. The van der Waals surface area contributed by atoms with Crippen LogP contribution in [-0.2, 0) is 6.42 Å². The summed E-state index contributed by atoms with van der Waals surface area (Å²) in [5.74, 6) is 1.77. The van der Waals surface area contributed by atoms with Crippen LogP contribution in [0.15, 0.2) is 48.5 Å². The van der Waals surface area contributed by atoms with Crippen molar-refractivity contribution in [2.75, 3.05) is 19.0 Å². The number of ether oxygens (including phenoxy) is 2. The molecule has 2 N–H and O–H groups in total. The highest BCUT2D eigenvalue weighted by Crippen LogP contribution is 2.19. The number of thiocarbonyl (C=S) groups is 1. The first-order valence-corrected chi connectivity index (χ1v) is 8.93. The van der Waals surface area contributed by atoms with E-state index in [1.807, 2.05) is 56.3 Å². The quantitative estimate of drug-likeness (QED) is 0.541. The Labute approximate surface area is 155 Å². The minimum absolute atomic E-state index is 0.148. The van der Waals surface area contributed by atoms with Gasteiger partial charge in [-0.15, -0.1) is 0 Å².